The fourth-order valence-electron chi connectivity index (χ4n) is 5.76. The van der Waals surface area contributed by atoms with Crippen LogP contribution in [0.25, 0.3) is 0 Å². The largest absolute Gasteiger partial charge is 0.497 e. The van der Waals surface area contributed by atoms with Crippen LogP contribution in [-0.2, 0) is 11.3 Å². The molecule has 3 heterocycles. The lowest BCUT2D eigenvalue weighted by molar-refractivity contribution is -0.133. The predicted molar refractivity (Wildman–Crippen MR) is 141 cm³/mol. The van der Waals surface area contributed by atoms with Crippen molar-refractivity contribution in [2.75, 3.05) is 38.6 Å². The zero-order valence-electron chi connectivity index (χ0n) is 20.9. The number of rotatable bonds is 9. The quantitative estimate of drug-likeness (QED) is 0.458. The summed E-state index contributed by atoms with van der Waals surface area (Å²) in [6.07, 6.45) is 5.76. The summed E-state index contributed by atoms with van der Waals surface area (Å²) in [5.74, 6) is 2.56. The van der Waals surface area contributed by atoms with Crippen molar-refractivity contribution >= 4 is 11.9 Å². The molecular weight excluding hydrogens is 450 g/mol. The number of benzene rings is 2. The fourth-order valence-corrected chi connectivity index (χ4v) is 5.76. The lowest BCUT2D eigenvalue weighted by Gasteiger charge is -2.39. The highest BCUT2D eigenvalue weighted by molar-refractivity contribution is 5.76. The molecule has 1 aromatic heterocycles. The first-order chi connectivity index (χ1) is 17.7. The average molecular weight is 486 g/mol. The van der Waals surface area contributed by atoms with E-state index in [0.717, 1.165) is 44.8 Å². The lowest BCUT2D eigenvalue weighted by Crippen LogP contribution is -2.48. The van der Waals surface area contributed by atoms with Crippen LogP contribution < -0.4 is 10.1 Å². The van der Waals surface area contributed by atoms with E-state index in [1.807, 2.05) is 0 Å². The van der Waals surface area contributed by atoms with Gasteiger partial charge in [-0.2, -0.15) is 0 Å². The third-order valence-corrected chi connectivity index (χ3v) is 7.58. The Bertz CT molecular complexity index is 1110. The molecule has 0 aliphatic carbocycles. The van der Waals surface area contributed by atoms with Crippen molar-refractivity contribution in [1.29, 1.82) is 0 Å². The molecule has 1 amide bonds. The van der Waals surface area contributed by atoms with Crippen LogP contribution in [0.2, 0.25) is 0 Å². The number of nitrogens with zero attached hydrogens (tertiary/aromatic N) is 4. The highest BCUT2D eigenvalue weighted by Gasteiger charge is 2.45. The minimum atomic E-state index is 0.249. The number of carbonyl (C=O) groups is 1. The van der Waals surface area contributed by atoms with E-state index in [1.54, 1.807) is 25.6 Å². The molecule has 3 aromatic rings. The second kappa shape index (κ2) is 11.5. The molecule has 1 N–H and O–H groups in total. The molecule has 0 bridgehead atoms. The number of piperidine rings is 1. The summed E-state index contributed by atoms with van der Waals surface area (Å²) in [6.45, 7) is 4.31. The number of likely N-dealkylation sites (tertiary alicyclic amines) is 2. The van der Waals surface area contributed by atoms with Crippen molar-refractivity contribution in [3.63, 3.8) is 0 Å². The van der Waals surface area contributed by atoms with E-state index < -0.39 is 0 Å². The van der Waals surface area contributed by atoms with E-state index in [0.29, 0.717) is 36.8 Å². The number of carbonyl (C=O) groups excluding carboxylic acids is 1. The van der Waals surface area contributed by atoms with Crippen LogP contribution >= 0.6 is 0 Å². The number of hydrogen-bond donors (Lipinski definition) is 1. The fraction of sp³-hybridized carbons (Fsp3) is 0.414. The molecule has 7 nitrogen and oxygen atoms in total. The van der Waals surface area contributed by atoms with Gasteiger partial charge in [-0.1, -0.05) is 42.5 Å². The summed E-state index contributed by atoms with van der Waals surface area (Å²) in [4.78, 5) is 26.2. The van der Waals surface area contributed by atoms with Gasteiger partial charge in [0.15, 0.2) is 0 Å². The number of amides is 1. The first kappa shape index (κ1) is 24.3. The normalized spacial score (nSPS) is 21.7. The van der Waals surface area contributed by atoms with Gasteiger partial charge in [0.25, 0.3) is 0 Å². The minimum absolute atomic E-state index is 0.249. The van der Waals surface area contributed by atoms with Crippen molar-refractivity contribution in [2.45, 2.75) is 37.8 Å². The highest BCUT2D eigenvalue weighted by Crippen LogP contribution is 2.42. The Hall–Kier alpha value is -3.45. The average Bonchev–Trinajstić information content (AvgIpc) is 3.29. The van der Waals surface area contributed by atoms with Gasteiger partial charge < -0.3 is 15.0 Å². The molecule has 0 radical (unpaired) electrons. The van der Waals surface area contributed by atoms with Gasteiger partial charge in [0.2, 0.25) is 11.9 Å². The Morgan fingerprint density at radius 2 is 1.81 bits per heavy atom. The molecule has 3 atom stereocenters. The maximum absolute atomic E-state index is 13.1. The van der Waals surface area contributed by atoms with Gasteiger partial charge in [0.05, 0.1) is 7.11 Å². The molecule has 188 valence electrons. The third kappa shape index (κ3) is 5.68. The van der Waals surface area contributed by atoms with Gasteiger partial charge in [-0.05, 0) is 42.2 Å². The maximum atomic E-state index is 13.1. The monoisotopic (exact) mass is 485 g/mol. The Morgan fingerprint density at radius 3 is 2.56 bits per heavy atom. The molecule has 0 unspecified atom stereocenters. The van der Waals surface area contributed by atoms with Crippen LogP contribution in [0.15, 0.2) is 73.1 Å². The van der Waals surface area contributed by atoms with Crippen molar-refractivity contribution in [3.05, 3.63) is 84.2 Å². The van der Waals surface area contributed by atoms with Gasteiger partial charge in [-0.3, -0.25) is 9.69 Å². The van der Waals surface area contributed by atoms with Gasteiger partial charge in [-0.15, -0.1) is 0 Å². The number of ether oxygens (including phenoxy) is 1. The van der Waals surface area contributed by atoms with Gasteiger partial charge in [0, 0.05) is 69.4 Å². The summed E-state index contributed by atoms with van der Waals surface area (Å²) < 4.78 is 5.39. The topological polar surface area (TPSA) is 70.6 Å². The SMILES string of the molecule is COc1ccc([C@H]2CN(Cc3ccccc3)[C@@H]3CCN(C(=O)CCCNc4ncccn4)C[C@H]23)cc1. The molecule has 2 aromatic carbocycles. The molecule has 2 aliphatic heterocycles. The zero-order chi connectivity index (χ0) is 24.7. The first-order valence-corrected chi connectivity index (χ1v) is 12.9. The second-order valence-electron chi connectivity index (χ2n) is 9.76. The van der Waals surface area contributed by atoms with Crippen molar-refractivity contribution in [3.8, 4) is 5.75 Å². The standard InChI is InChI=1S/C29H35N5O2/c1-36-24-12-10-23(11-13-24)25-20-34(19-22-7-3-2-4-8-22)27-14-18-33(21-26(25)27)28(35)9-5-15-30-29-31-16-6-17-32-29/h2-4,6-8,10-13,16-17,25-27H,5,9,14-15,18-21H2,1H3,(H,30,31,32)/t25-,26-,27-/m1/s1. The van der Waals surface area contributed by atoms with Crippen LogP contribution in [0.5, 0.6) is 5.75 Å². The summed E-state index contributed by atoms with van der Waals surface area (Å²) in [6, 6.07) is 21.5. The third-order valence-electron chi connectivity index (χ3n) is 7.58. The van der Waals surface area contributed by atoms with Crippen LogP contribution in [0.1, 0.15) is 36.3 Å². The number of methoxy groups -OCH3 is 1. The molecule has 2 aliphatic rings. The van der Waals surface area contributed by atoms with Gasteiger partial charge in [-0.25, -0.2) is 9.97 Å². The molecule has 5 rings (SSSR count). The molecule has 2 saturated heterocycles. The van der Waals surface area contributed by atoms with Crippen molar-refractivity contribution in [2.24, 2.45) is 5.92 Å². The predicted octanol–water partition coefficient (Wildman–Crippen LogP) is 4.19. The highest BCUT2D eigenvalue weighted by atomic mass is 16.5. The van der Waals surface area contributed by atoms with E-state index in [-0.39, 0.29) is 5.91 Å². The van der Waals surface area contributed by atoms with E-state index in [4.69, 9.17) is 4.74 Å². The summed E-state index contributed by atoms with van der Waals surface area (Å²) in [5.41, 5.74) is 2.68. The first-order valence-electron chi connectivity index (χ1n) is 12.9. The Balaban J connectivity index is 1.24. The van der Waals surface area contributed by atoms with E-state index in [2.05, 4.69) is 79.7 Å². The lowest BCUT2D eigenvalue weighted by atomic mass is 9.81. The molecule has 7 heteroatoms. The summed E-state index contributed by atoms with van der Waals surface area (Å²) >= 11 is 0. The molecule has 2 fully saturated rings. The van der Waals surface area contributed by atoms with E-state index >= 15 is 0 Å². The number of anilines is 1. The minimum Gasteiger partial charge on any atom is -0.497 e. The van der Waals surface area contributed by atoms with Crippen LogP contribution in [0, 0.1) is 5.92 Å². The van der Waals surface area contributed by atoms with E-state index in [1.165, 1.54) is 11.1 Å². The number of fused-ring (bicyclic) bond motifs is 1. The summed E-state index contributed by atoms with van der Waals surface area (Å²) in [7, 11) is 1.70. The second-order valence-corrected chi connectivity index (χ2v) is 9.76. The van der Waals surface area contributed by atoms with E-state index in [9.17, 15) is 4.79 Å². The molecule has 0 saturated carbocycles. The smallest absolute Gasteiger partial charge is 0.222 e. The molecular formula is C29H35N5O2. The van der Waals surface area contributed by atoms with Gasteiger partial charge >= 0.3 is 0 Å². The van der Waals surface area contributed by atoms with Gasteiger partial charge in [0.1, 0.15) is 5.75 Å². The van der Waals surface area contributed by atoms with Crippen LogP contribution in [0.3, 0.4) is 0 Å². The maximum Gasteiger partial charge on any atom is 0.222 e. The zero-order valence-corrected chi connectivity index (χ0v) is 20.9. The van der Waals surface area contributed by atoms with Crippen LogP contribution in [0.4, 0.5) is 5.95 Å². The number of aromatic nitrogens is 2. The summed E-state index contributed by atoms with van der Waals surface area (Å²) in [5, 5.41) is 3.20. The Morgan fingerprint density at radius 1 is 1.03 bits per heavy atom. The Labute approximate surface area is 213 Å². The van der Waals surface area contributed by atoms with Crippen molar-refractivity contribution in [1.82, 2.24) is 19.8 Å². The molecule has 0 spiro atoms. The molecule has 36 heavy (non-hydrogen) atoms. The number of nitrogens with one attached hydrogen (secondary N) is 1. The van der Waals surface area contributed by atoms with Crippen LogP contribution in [-0.4, -0.2) is 65.0 Å². The number of hydrogen-bond acceptors (Lipinski definition) is 6. The Kier molecular flexibility index (Phi) is 7.76. The van der Waals surface area contributed by atoms with Crippen molar-refractivity contribution < 1.29 is 9.53 Å².